The summed E-state index contributed by atoms with van der Waals surface area (Å²) in [6, 6.07) is -0.766. The van der Waals surface area contributed by atoms with E-state index >= 15 is 0 Å². The fraction of sp³-hybridized carbons (Fsp3) is 0.820. The lowest BCUT2D eigenvalue weighted by Crippen LogP contribution is -2.45. The molecule has 0 radical (unpaired) electrons. The number of hydrogen-bond donors (Lipinski definition) is 4. The number of unbranched alkanes of at least 4 members (excludes halogenated alkanes) is 28. The summed E-state index contributed by atoms with van der Waals surface area (Å²) < 4.78 is 0. The lowest BCUT2D eigenvalue weighted by molar-refractivity contribution is -0.124. The molecule has 0 fully saturated rings. The van der Waals surface area contributed by atoms with E-state index in [9.17, 15) is 20.1 Å². The molecule has 0 aromatic heterocycles. The van der Waals surface area contributed by atoms with Crippen molar-refractivity contribution in [1.82, 2.24) is 5.32 Å². The lowest BCUT2D eigenvalue weighted by atomic mass is 10.0. The fourth-order valence-corrected chi connectivity index (χ4v) is 7.14. The van der Waals surface area contributed by atoms with Crippen molar-refractivity contribution in [1.29, 1.82) is 0 Å². The van der Waals surface area contributed by atoms with Crippen molar-refractivity contribution in [3.8, 4) is 0 Å². The maximum atomic E-state index is 12.4. The average molecular weight is 772 g/mol. The van der Waals surface area contributed by atoms with Gasteiger partial charge in [0.25, 0.3) is 0 Å². The number of aliphatic hydroxyl groups is 3. The number of carbonyl (C=O) groups excluding carboxylic acids is 1. The van der Waals surface area contributed by atoms with Crippen molar-refractivity contribution in [2.24, 2.45) is 0 Å². The van der Waals surface area contributed by atoms with Gasteiger partial charge in [0.2, 0.25) is 5.91 Å². The predicted molar refractivity (Wildman–Crippen MR) is 241 cm³/mol. The molecule has 0 rings (SSSR count). The van der Waals surface area contributed by atoms with E-state index in [2.05, 4.69) is 55.6 Å². The van der Waals surface area contributed by atoms with Crippen molar-refractivity contribution in [2.45, 2.75) is 257 Å². The van der Waals surface area contributed by atoms with E-state index in [1.807, 2.05) is 6.08 Å². The van der Waals surface area contributed by atoms with Gasteiger partial charge in [-0.15, -0.1) is 0 Å². The Labute approximate surface area is 342 Å². The first-order valence-corrected chi connectivity index (χ1v) is 23.9. The molecule has 0 aliphatic carbocycles. The highest BCUT2D eigenvalue weighted by Crippen LogP contribution is 2.16. The van der Waals surface area contributed by atoms with E-state index < -0.39 is 18.2 Å². The van der Waals surface area contributed by atoms with Gasteiger partial charge in [0.05, 0.1) is 31.3 Å². The van der Waals surface area contributed by atoms with Crippen molar-refractivity contribution >= 4 is 5.91 Å². The van der Waals surface area contributed by atoms with Crippen molar-refractivity contribution < 1.29 is 20.1 Å². The molecule has 0 aromatic carbocycles. The number of carbonyl (C=O) groups is 1. The Hall–Kier alpha value is -1.69. The molecule has 55 heavy (non-hydrogen) atoms. The molecule has 0 saturated heterocycles. The van der Waals surface area contributed by atoms with Crippen molar-refractivity contribution in [3.63, 3.8) is 0 Å². The van der Waals surface area contributed by atoms with Gasteiger partial charge in [-0.25, -0.2) is 0 Å². The van der Waals surface area contributed by atoms with Gasteiger partial charge in [-0.3, -0.25) is 4.79 Å². The molecule has 5 heteroatoms. The maximum absolute atomic E-state index is 12.4. The Morgan fingerprint density at radius 3 is 1.24 bits per heavy atom. The van der Waals surface area contributed by atoms with Crippen molar-refractivity contribution in [3.05, 3.63) is 48.6 Å². The van der Waals surface area contributed by atoms with Crippen LogP contribution >= 0.6 is 0 Å². The van der Waals surface area contributed by atoms with E-state index in [0.29, 0.717) is 6.42 Å². The monoisotopic (exact) mass is 772 g/mol. The van der Waals surface area contributed by atoms with E-state index in [1.165, 1.54) is 167 Å². The van der Waals surface area contributed by atoms with Gasteiger partial charge in [-0.1, -0.05) is 217 Å². The Balaban J connectivity index is 3.55. The van der Waals surface area contributed by atoms with Crippen LogP contribution in [-0.2, 0) is 4.79 Å². The summed E-state index contributed by atoms with van der Waals surface area (Å²) in [4.78, 5) is 12.4. The van der Waals surface area contributed by atoms with Crippen LogP contribution in [0.5, 0.6) is 0 Å². The third kappa shape index (κ3) is 41.8. The quantitative estimate of drug-likeness (QED) is 0.0367. The van der Waals surface area contributed by atoms with Gasteiger partial charge in [-0.05, 0) is 64.2 Å². The molecule has 322 valence electrons. The van der Waals surface area contributed by atoms with Gasteiger partial charge < -0.3 is 20.6 Å². The molecule has 3 atom stereocenters. The first kappa shape index (κ1) is 53.3. The number of amides is 1. The van der Waals surface area contributed by atoms with E-state index in [0.717, 1.165) is 44.9 Å². The molecule has 5 nitrogen and oxygen atoms in total. The summed E-state index contributed by atoms with van der Waals surface area (Å²) in [6.07, 6.45) is 58.6. The molecule has 0 heterocycles. The van der Waals surface area contributed by atoms with E-state index in [-0.39, 0.29) is 18.9 Å². The summed E-state index contributed by atoms with van der Waals surface area (Å²) in [5.41, 5.74) is 0. The standard InChI is InChI=1S/C50H93NO4/c1-3-5-7-9-11-13-15-16-17-18-19-20-21-22-23-24-25-26-27-28-29-30-31-32-34-35-37-39-41-43-47(53)45-50(55)51-48(46-52)49(54)44-42-40-38-36-33-14-12-10-8-6-4-2/h8,10,22-23,33,36,42,44,47-49,52-54H,3-7,9,11-21,24-32,34-35,37-41,43,45-46H2,1-2H3,(H,51,55)/b10-8+,23-22-,36-33+,44-42+. The molecule has 4 N–H and O–H groups in total. The summed E-state index contributed by atoms with van der Waals surface area (Å²) >= 11 is 0. The summed E-state index contributed by atoms with van der Waals surface area (Å²) in [5.74, 6) is -0.331. The van der Waals surface area contributed by atoms with Gasteiger partial charge in [0.15, 0.2) is 0 Å². The van der Waals surface area contributed by atoms with Gasteiger partial charge >= 0.3 is 0 Å². The highest BCUT2D eigenvalue weighted by atomic mass is 16.3. The van der Waals surface area contributed by atoms with Crippen LogP contribution < -0.4 is 5.32 Å². The third-order valence-electron chi connectivity index (χ3n) is 10.8. The summed E-state index contributed by atoms with van der Waals surface area (Å²) in [6.45, 7) is 4.12. The number of allylic oxidation sites excluding steroid dienone is 7. The second-order valence-electron chi connectivity index (χ2n) is 16.3. The van der Waals surface area contributed by atoms with Crippen LogP contribution in [0, 0.1) is 0 Å². The average Bonchev–Trinajstić information content (AvgIpc) is 3.18. The molecule has 0 aliphatic heterocycles. The normalized spacial score (nSPS) is 13.9. The minimum absolute atomic E-state index is 0.00193. The van der Waals surface area contributed by atoms with Crippen LogP contribution in [0.15, 0.2) is 48.6 Å². The predicted octanol–water partition coefficient (Wildman–Crippen LogP) is 14.1. The van der Waals surface area contributed by atoms with Crippen LogP contribution in [0.1, 0.15) is 239 Å². The van der Waals surface area contributed by atoms with Gasteiger partial charge in [0.1, 0.15) is 0 Å². The number of nitrogens with one attached hydrogen (secondary N) is 1. The Bertz CT molecular complexity index is 896. The maximum Gasteiger partial charge on any atom is 0.222 e. The highest BCUT2D eigenvalue weighted by molar-refractivity contribution is 5.76. The molecule has 0 saturated carbocycles. The zero-order valence-electron chi connectivity index (χ0n) is 36.6. The molecule has 0 aliphatic rings. The zero-order valence-corrected chi connectivity index (χ0v) is 36.6. The SMILES string of the molecule is CCC/C=C/CC/C=C/CC/C=C/C(O)C(CO)NC(=O)CC(O)CCCCCCCCCCCCCCC/C=C\CCCCCCCCCCCCCC. The largest absolute Gasteiger partial charge is 0.394 e. The second-order valence-corrected chi connectivity index (χ2v) is 16.3. The molecular formula is C50H93NO4. The van der Waals surface area contributed by atoms with Crippen LogP contribution in [0.25, 0.3) is 0 Å². The van der Waals surface area contributed by atoms with Crippen LogP contribution in [0.3, 0.4) is 0 Å². The zero-order chi connectivity index (χ0) is 40.1. The van der Waals surface area contributed by atoms with Crippen molar-refractivity contribution in [2.75, 3.05) is 6.61 Å². The highest BCUT2D eigenvalue weighted by Gasteiger charge is 2.20. The van der Waals surface area contributed by atoms with Gasteiger partial charge in [0, 0.05) is 0 Å². The number of rotatable bonds is 43. The first-order valence-electron chi connectivity index (χ1n) is 23.9. The minimum atomic E-state index is -0.958. The summed E-state index contributed by atoms with van der Waals surface area (Å²) in [5, 5.41) is 33.1. The topological polar surface area (TPSA) is 89.8 Å². The van der Waals surface area contributed by atoms with E-state index in [1.54, 1.807) is 6.08 Å². The Morgan fingerprint density at radius 2 is 0.818 bits per heavy atom. The molecular weight excluding hydrogens is 679 g/mol. The minimum Gasteiger partial charge on any atom is -0.394 e. The Morgan fingerprint density at radius 1 is 0.455 bits per heavy atom. The molecule has 3 unspecified atom stereocenters. The number of hydrogen-bond acceptors (Lipinski definition) is 4. The first-order chi connectivity index (χ1) is 27.0. The summed E-state index contributed by atoms with van der Waals surface area (Å²) in [7, 11) is 0. The van der Waals surface area contributed by atoms with Crippen LogP contribution in [0.2, 0.25) is 0 Å². The van der Waals surface area contributed by atoms with Crippen LogP contribution in [-0.4, -0.2) is 46.1 Å². The molecule has 1 amide bonds. The third-order valence-corrected chi connectivity index (χ3v) is 10.8. The van der Waals surface area contributed by atoms with Gasteiger partial charge in [-0.2, -0.15) is 0 Å². The Kier molecular flexibility index (Phi) is 43.6. The molecule has 0 aromatic rings. The second kappa shape index (κ2) is 45.0. The van der Waals surface area contributed by atoms with E-state index in [4.69, 9.17) is 0 Å². The smallest absolute Gasteiger partial charge is 0.222 e. The molecule has 0 spiro atoms. The fourth-order valence-electron chi connectivity index (χ4n) is 7.14. The lowest BCUT2D eigenvalue weighted by Gasteiger charge is -2.21. The van der Waals surface area contributed by atoms with Crippen LogP contribution in [0.4, 0.5) is 0 Å². The number of aliphatic hydroxyl groups excluding tert-OH is 3. The molecule has 0 bridgehead atoms.